The van der Waals surface area contributed by atoms with Gasteiger partial charge in [-0.25, -0.2) is 9.97 Å². The molecule has 0 saturated carbocycles. The van der Waals surface area contributed by atoms with Crippen molar-refractivity contribution >= 4 is 34.4 Å². The summed E-state index contributed by atoms with van der Waals surface area (Å²) in [7, 11) is 0. The lowest BCUT2D eigenvalue weighted by Crippen LogP contribution is -2.24. The molecule has 0 fully saturated rings. The first kappa shape index (κ1) is 12.7. The van der Waals surface area contributed by atoms with E-state index in [0.717, 1.165) is 23.4 Å². The summed E-state index contributed by atoms with van der Waals surface area (Å²) in [5.41, 5.74) is 1.62. The standard InChI is InChI=1S/C12H15Cl2N3/c1-12(2,3)17-10(4-5-13)16-9-6-8(14)7-15-11(9)17/h6-7H,4-5H2,1-3H3. The molecule has 0 bridgehead atoms. The van der Waals surface area contributed by atoms with E-state index in [2.05, 4.69) is 35.3 Å². The summed E-state index contributed by atoms with van der Waals surface area (Å²) in [6.45, 7) is 6.38. The molecule has 0 atom stereocenters. The fourth-order valence-electron chi connectivity index (χ4n) is 1.94. The molecule has 5 heteroatoms. The molecule has 0 spiro atoms. The number of hydrogen-bond donors (Lipinski definition) is 0. The number of rotatable bonds is 2. The molecule has 0 amide bonds. The Hall–Kier alpha value is -0.800. The van der Waals surface area contributed by atoms with Crippen LogP contribution in [0.15, 0.2) is 12.3 Å². The summed E-state index contributed by atoms with van der Waals surface area (Å²) in [5, 5.41) is 0.605. The van der Waals surface area contributed by atoms with E-state index in [1.165, 1.54) is 0 Å². The number of halogens is 2. The summed E-state index contributed by atoms with van der Waals surface area (Å²) < 4.78 is 2.13. The van der Waals surface area contributed by atoms with Crippen LogP contribution in [0.25, 0.3) is 11.2 Å². The zero-order valence-electron chi connectivity index (χ0n) is 10.2. The molecule has 92 valence electrons. The largest absolute Gasteiger partial charge is 0.307 e. The fraction of sp³-hybridized carbons (Fsp3) is 0.500. The van der Waals surface area contributed by atoms with Gasteiger partial charge in [0.05, 0.1) is 5.02 Å². The van der Waals surface area contributed by atoms with Crippen LogP contribution < -0.4 is 0 Å². The van der Waals surface area contributed by atoms with E-state index in [-0.39, 0.29) is 5.54 Å². The van der Waals surface area contributed by atoms with Crippen molar-refractivity contribution in [3.63, 3.8) is 0 Å². The highest BCUT2D eigenvalue weighted by atomic mass is 35.5. The molecule has 2 rings (SSSR count). The van der Waals surface area contributed by atoms with E-state index >= 15 is 0 Å². The van der Waals surface area contributed by atoms with Crippen LogP contribution in [0.2, 0.25) is 5.02 Å². The Morgan fingerprint density at radius 1 is 1.35 bits per heavy atom. The molecule has 0 N–H and O–H groups in total. The molecule has 2 aromatic rings. The third-order valence-corrected chi connectivity index (χ3v) is 2.92. The molecule has 17 heavy (non-hydrogen) atoms. The number of hydrogen-bond acceptors (Lipinski definition) is 2. The van der Waals surface area contributed by atoms with Gasteiger partial charge in [0, 0.05) is 24.0 Å². The van der Waals surface area contributed by atoms with Crippen LogP contribution in [0.4, 0.5) is 0 Å². The number of fused-ring (bicyclic) bond motifs is 1. The predicted octanol–water partition coefficient (Wildman–Crippen LogP) is 3.62. The second-order valence-electron chi connectivity index (χ2n) is 4.97. The van der Waals surface area contributed by atoms with Crippen LogP contribution in [-0.2, 0) is 12.0 Å². The molecule has 0 saturated heterocycles. The third kappa shape index (κ3) is 2.40. The lowest BCUT2D eigenvalue weighted by molar-refractivity contribution is 0.393. The van der Waals surface area contributed by atoms with Crippen LogP contribution in [0, 0.1) is 0 Å². The van der Waals surface area contributed by atoms with Gasteiger partial charge in [-0.3, -0.25) is 0 Å². The van der Waals surface area contributed by atoms with Crippen molar-refractivity contribution < 1.29 is 0 Å². The van der Waals surface area contributed by atoms with E-state index in [1.807, 2.05) is 6.07 Å². The molecule has 2 aromatic heterocycles. The minimum atomic E-state index is -0.0724. The molecule has 0 aliphatic carbocycles. The van der Waals surface area contributed by atoms with Crippen LogP contribution >= 0.6 is 23.2 Å². The van der Waals surface area contributed by atoms with Gasteiger partial charge in [0.15, 0.2) is 5.65 Å². The average molecular weight is 272 g/mol. The van der Waals surface area contributed by atoms with Gasteiger partial charge >= 0.3 is 0 Å². The molecule has 0 aliphatic heterocycles. The second-order valence-corrected chi connectivity index (χ2v) is 5.78. The van der Waals surface area contributed by atoms with Gasteiger partial charge in [0.25, 0.3) is 0 Å². The van der Waals surface area contributed by atoms with E-state index < -0.39 is 0 Å². The van der Waals surface area contributed by atoms with Crippen molar-refractivity contribution in [2.45, 2.75) is 32.7 Å². The van der Waals surface area contributed by atoms with Crippen molar-refractivity contribution in [3.05, 3.63) is 23.1 Å². The maximum absolute atomic E-state index is 5.93. The summed E-state index contributed by atoms with van der Waals surface area (Å²) >= 11 is 11.8. The van der Waals surface area contributed by atoms with Crippen LogP contribution in [0.5, 0.6) is 0 Å². The Labute approximate surface area is 111 Å². The van der Waals surface area contributed by atoms with Gasteiger partial charge in [-0.15, -0.1) is 11.6 Å². The Kier molecular flexibility index (Phi) is 3.32. The number of nitrogens with zero attached hydrogens (tertiary/aromatic N) is 3. The van der Waals surface area contributed by atoms with Crippen molar-refractivity contribution in [3.8, 4) is 0 Å². The Morgan fingerprint density at radius 2 is 2.06 bits per heavy atom. The van der Waals surface area contributed by atoms with E-state index in [4.69, 9.17) is 23.2 Å². The highest BCUT2D eigenvalue weighted by Gasteiger charge is 2.21. The molecule has 2 heterocycles. The lowest BCUT2D eigenvalue weighted by Gasteiger charge is -2.23. The minimum absolute atomic E-state index is 0.0724. The van der Waals surface area contributed by atoms with Gasteiger partial charge in [-0.05, 0) is 26.8 Å². The van der Waals surface area contributed by atoms with Crippen molar-refractivity contribution in [2.75, 3.05) is 5.88 Å². The topological polar surface area (TPSA) is 30.7 Å². The number of pyridine rings is 1. The number of aromatic nitrogens is 3. The lowest BCUT2D eigenvalue weighted by atomic mass is 10.1. The average Bonchev–Trinajstić information content (AvgIpc) is 2.54. The third-order valence-electron chi connectivity index (χ3n) is 2.52. The van der Waals surface area contributed by atoms with Crippen LogP contribution in [-0.4, -0.2) is 20.4 Å². The monoisotopic (exact) mass is 271 g/mol. The van der Waals surface area contributed by atoms with Gasteiger partial charge in [-0.1, -0.05) is 11.6 Å². The zero-order chi connectivity index (χ0) is 12.6. The molecular formula is C12H15Cl2N3. The molecule has 0 unspecified atom stereocenters. The highest BCUT2D eigenvalue weighted by Crippen LogP contribution is 2.25. The smallest absolute Gasteiger partial charge is 0.160 e. The first-order valence-electron chi connectivity index (χ1n) is 5.53. The minimum Gasteiger partial charge on any atom is -0.307 e. The fourth-order valence-corrected chi connectivity index (χ4v) is 2.27. The normalized spacial score (nSPS) is 12.3. The zero-order valence-corrected chi connectivity index (χ0v) is 11.7. The Morgan fingerprint density at radius 3 is 2.65 bits per heavy atom. The van der Waals surface area contributed by atoms with Gasteiger partial charge in [-0.2, -0.15) is 0 Å². The van der Waals surface area contributed by atoms with Crippen molar-refractivity contribution in [2.24, 2.45) is 0 Å². The maximum Gasteiger partial charge on any atom is 0.160 e. The predicted molar refractivity (Wildman–Crippen MR) is 72.0 cm³/mol. The number of imidazole rings is 1. The van der Waals surface area contributed by atoms with Crippen LogP contribution in [0.3, 0.4) is 0 Å². The molecule has 0 radical (unpaired) electrons. The first-order valence-corrected chi connectivity index (χ1v) is 6.44. The highest BCUT2D eigenvalue weighted by molar-refractivity contribution is 6.31. The van der Waals surface area contributed by atoms with Crippen LogP contribution in [0.1, 0.15) is 26.6 Å². The Balaban J connectivity index is 2.71. The quantitative estimate of drug-likeness (QED) is 0.782. The molecule has 0 aromatic carbocycles. The van der Waals surface area contributed by atoms with Gasteiger partial charge in [0.1, 0.15) is 11.3 Å². The number of alkyl halides is 1. The van der Waals surface area contributed by atoms with E-state index in [9.17, 15) is 0 Å². The first-order chi connectivity index (χ1) is 7.93. The summed E-state index contributed by atoms with van der Waals surface area (Å²) in [6, 6.07) is 1.84. The van der Waals surface area contributed by atoms with Gasteiger partial charge in [0.2, 0.25) is 0 Å². The van der Waals surface area contributed by atoms with E-state index in [1.54, 1.807) is 6.20 Å². The SMILES string of the molecule is CC(C)(C)n1c(CCCl)nc2cc(Cl)cnc21. The molecule has 0 aliphatic rings. The molecule has 3 nitrogen and oxygen atoms in total. The van der Waals surface area contributed by atoms with Crippen molar-refractivity contribution in [1.29, 1.82) is 0 Å². The molecular weight excluding hydrogens is 257 g/mol. The van der Waals surface area contributed by atoms with E-state index in [0.29, 0.717) is 10.9 Å². The van der Waals surface area contributed by atoms with Gasteiger partial charge < -0.3 is 4.57 Å². The summed E-state index contributed by atoms with van der Waals surface area (Å²) in [4.78, 5) is 8.94. The Bertz CT molecular complexity index is 540. The second kappa shape index (κ2) is 4.46. The number of aryl methyl sites for hydroxylation is 1. The summed E-state index contributed by atoms with van der Waals surface area (Å²) in [5.74, 6) is 1.50. The summed E-state index contributed by atoms with van der Waals surface area (Å²) in [6.07, 6.45) is 2.38. The van der Waals surface area contributed by atoms with Crippen molar-refractivity contribution in [1.82, 2.24) is 14.5 Å². The maximum atomic E-state index is 5.93.